The van der Waals surface area contributed by atoms with Crippen LogP contribution in [0.25, 0.3) is 0 Å². The highest BCUT2D eigenvalue weighted by Gasteiger charge is 2.10. The summed E-state index contributed by atoms with van der Waals surface area (Å²) in [5.41, 5.74) is 1.87. The van der Waals surface area contributed by atoms with Crippen molar-refractivity contribution >= 4 is 0 Å². The van der Waals surface area contributed by atoms with Crippen LogP contribution in [0.2, 0.25) is 0 Å². The van der Waals surface area contributed by atoms with Gasteiger partial charge in [0, 0.05) is 12.1 Å². The van der Waals surface area contributed by atoms with Gasteiger partial charge in [-0.2, -0.15) is 0 Å². The van der Waals surface area contributed by atoms with Gasteiger partial charge in [0.15, 0.2) is 11.5 Å². The van der Waals surface area contributed by atoms with E-state index in [2.05, 4.69) is 5.32 Å². The lowest BCUT2D eigenvalue weighted by Crippen LogP contribution is -2.12. The van der Waals surface area contributed by atoms with Gasteiger partial charge >= 0.3 is 0 Å². The molecule has 0 saturated heterocycles. The van der Waals surface area contributed by atoms with Crippen LogP contribution in [0.3, 0.4) is 0 Å². The fraction of sp³-hybridized carbons (Fsp3) is 0.294. The zero-order chi connectivity index (χ0) is 15.2. The van der Waals surface area contributed by atoms with Gasteiger partial charge in [0.1, 0.15) is 11.6 Å². The van der Waals surface area contributed by atoms with Crippen molar-refractivity contribution in [2.24, 2.45) is 0 Å². The molecule has 0 aliphatic carbocycles. The van der Waals surface area contributed by atoms with Gasteiger partial charge in [-0.25, -0.2) is 4.39 Å². The van der Waals surface area contributed by atoms with Crippen molar-refractivity contribution in [2.45, 2.75) is 20.4 Å². The summed E-state index contributed by atoms with van der Waals surface area (Å²) < 4.78 is 24.6. The number of hydrogen-bond donors (Lipinski definition) is 1. The van der Waals surface area contributed by atoms with Gasteiger partial charge in [-0.3, -0.25) is 0 Å². The van der Waals surface area contributed by atoms with Gasteiger partial charge in [-0.05, 0) is 49.4 Å². The van der Waals surface area contributed by atoms with Crippen molar-refractivity contribution in [2.75, 3.05) is 13.7 Å². The Labute approximate surface area is 124 Å². The highest BCUT2D eigenvalue weighted by atomic mass is 19.1. The van der Waals surface area contributed by atoms with Crippen LogP contribution in [-0.4, -0.2) is 13.7 Å². The first-order chi connectivity index (χ1) is 10.1. The van der Waals surface area contributed by atoms with E-state index in [1.165, 1.54) is 12.1 Å². The molecule has 0 aromatic heterocycles. The Hall–Kier alpha value is -2.07. The largest absolute Gasteiger partial charge is 0.493 e. The molecule has 21 heavy (non-hydrogen) atoms. The van der Waals surface area contributed by atoms with Crippen molar-refractivity contribution in [3.05, 3.63) is 53.3 Å². The van der Waals surface area contributed by atoms with E-state index in [-0.39, 0.29) is 5.82 Å². The average molecular weight is 289 g/mol. The Balaban J connectivity index is 2.30. The molecule has 0 unspecified atom stereocenters. The molecule has 0 heterocycles. The van der Waals surface area contributed by atoms with Crippen molar-refractivity contribution < 1.29 is 13.9 Å². The lowest BCUT2D eigenvalue weighted by Gasteiger charge is -2.14. The number of aryl methyl sites for hydroxylation is 1. The zero-order valence-electron chi connectivity index (χ0n) is 12.6. The number of benzene rings is 2. The first kappa shape index (κ1) is 15.3. The number of rotatable bonds is 6. The summed E-state index contributed by atoms with van der Waals surface area (Å²) in [5, 5.41) is 3.18. The molecule has 4 heteroatoms. The lowest BCUT2D eigenvalue weighted by molar-refractivity contribution is 0.376. The maximum atomic E-state index is 13.4. The number of halogens is 1. The molecule has 0 spiro atoms. The quantitative estimate of drug-likeness (QED) is 0.870. The lowest BCUT2D eigenvalue weighted by atomic mass is 10.2. The Morgan fingerprint density at radius 3 is 2.52 bits per heavy atom. The zero-order valence-corrected chi connectivity index (χ0v) is 12.6. The molecule has 2 aromatic carbocycles. The summed E-state index contributed by atoms with van der Waals surface area (Å²) >= 11 is 0. The van der Waals surface area contributed by atoms with E-state index in [1.54, 1.807) is 13.2 Å². The highest BCUT2D eigenvalue weighted by molar-refractivity contribution is 5.46. The van der Waals surface area contributed by atoms with Crippen LogP contribution < -0.4 is 14.8 Å². The van der Waals surface area contributed by atoms with Crippen LogP contribution in [0.5, 0.6) is 17.2 Å². The molecule has 0 radical (unpaired) electrons. The second-order valence-corrected chi connectivity index (χ2v) is 4.79. The second-order valence-electron chi connectivity index (χ2n) is 4.79. The van der Waals surface area contributed by atoms with Gasteiger partial charge in [0.2, 0.25) is 0 Å². The van der Waals surface area contributed by atoms with Crippen LogP contribution in [0.1, 0.15) is 18.1 Å². The van der Waals surface area contributed by atoms with E-state index in [4.69, 9.17) is 9.47 Å². The third-order valence-electron chi connectivity index (χ3n) is 3.13. The molecule has 0 amide bonds. The molecule has 2 rings (SSSR count). The predicted molar refractivity (Wildman–Crippen MR) is 81.6 cm³/mol. The first-order valence-corrected chi connectivity index (χ1v) is 6.95. The van der Waals surface area contributed by atoms with Gasteiger partial charge in [0.25, 0.3) is 0 Å². The van der Waals surface area contributed by atoms with E-state index in [0.29, 0.717) is 23.8 Å². The summed E-state index contributed by atoms with van der Waals surface area (Å²) in [6.45, 7) is 5.35. The molecule has 0 aliphatic heterocycles. The molecule has 2 aromatic rings. The SMILES string of the molecule is CCNCc1cc(F)ccc1Oc1ccc(C)cc1OC. The van der Waals surface area contributed by atoms with E-state index >= 15 is 0 Å². The first-order valence-electron chi connectivity index (χ1n) is 6.95. The monoisotopic (exact) mass is 289 g/mol. The maximum Gasteiger partial charge on any atom is 0.169 e. The molecule has 0 fully saturated rings. The Bertz CT molecular complexity index is 614. The van der Waals surface area contributed by atoms with E-state index in [9.17, 15) is 4.39 Å². The summed E-state index contributed by atoms with van der Waals surface area (Å²) in [4.78, 5) is 0. The maximum absolute atomic E-state index is 13.4. The number of nitrogens with one attached hydrogen (secondary N) is 1. The van der Waals surface area contributed by atoms with Crippen LogP contribution in [0, 0.1) is 12.7 Å². The average Bonchev–Trinajstić information content (AvgIpc) is 2.48. The molecular weight excluding hydrogens is 269 g/mol. The van der Waals surface area contributed by atoms with Crippen molar-refractivity contribution in [1.82, 2.24) is 5.32 Å². The standard InChI is InChI=1S/C17H20FNO2/c1-4-19-11-13-10-14(18)6-8-15(13)21-16-7-5-12(2)9-17(16)20-3/h5-10,19H,4,11H2,1-3H3. The minimum absolute atomic E-state index is 0.272. The van der Waals surface area contributed by atoms with Gasteiger partial charge in [-0.1, -0.05) is 13.0 Å². The molecule has 3 nitrogen and oxygen atoms in total. The summed E-state index contributed by atoms with van der Waals surface area (Å²) in [6, 6.07) is 10.2. The van der Waals surface area contributed by atoms with Crippen molar-refractivity contribution in [3.63, 3.8) is 0 Å². The summed E-state index contributed by atoms with van der Waals surface area (Å²) in [7, 11) is 1.60. The number of methoxy groups -OCH3 is 1. The molecule has 0 aliphatic rings. The topological polar surface area (TPSA) is 30.5 Å². The number of hydrogen-bond acceptors (Lipinski definition) is 3. The molecule has 0 saturated carbocycles. The smallest absolute Gasteiger partial charge is 0.169 e. The van der Waals surface area contributed by atoms with Crippen LogP contribution in [0.4, 0.5) is 4.39 Å². The van der Waals surface area contributed by atoms with E-state index < -0.39 is 0 Å². The highest BCUT2D eigenvalue weighted by Crippen LogP contribution is 2.34. The minimum Gasteiger partial charge on any atom is -0.493 e. The van der Waals surface area contributed by atoms with Crippen LogP contribution >= 0.6 is 0 Å². The van der Waals surface area contributed by atoms with E-state index in [1.807, 2.05) is 32.0 Å². The fourth-order valence-electron chi connectivity index (χ4n) is 2.02. The second kappa shape index (κ2) is 7.09. The Kier molecular flexibility index (Phi) is 5.17. The van der Waals surface area contributed by atoms with Gasteiger partial charge in [-0.15, -0.1) is 0 Å². The van der Waals surface area contributed by atoms with Crippen LogP contribution in [0.15, 0.2) is 36.4 Å². The molecule has 1 N–H and O–H groups in total. The predicted octanol–water partition coefficient (Wildman–Crippen LogP) is 4.04. The minimum atomic E-state index is -0.272. The van der Waals surface area contributed by atoms with Crippen molar-refractivity contribution in [1.29, 1.82) is 0 Å². The third-order valence-corrected chi connectivity index (χ3v) is 3.13. The molecule has 0 atom stereocenters. The van der Waals surface area contributed by atoms with E-state index in [0.717, 1.165) is 17.7 Å². The number of ether oxygens (including phenoxy) is 2. The molecular formula is C17H20FNO2. The Morgan fingerprint density at radius 1 is 1.05 bits per heavy atom. The fourth-order valence-corrected chi connectivity index (χ4v) is 2.02. The summed E-state index contributed by atoms with van der Waals surface area (Å²) in [6.07, 6.45) is 0. The molecule has 0 bridgehead atoms. The molecule has 112 valence electrons. The normalized spacial score (nSPS) is 10.5. The van der Waals surface area contributed by atoms with Crippen LogP contribution in [-0.2, 0) is 6.54 Å². The van der Waals surface area contributed by atoms with Gasteiger partial charge < -0.3 is 14.8 Å². The summed E-state index contributed by atoms with van der Waals surface area (Å²) in [5.74, 6) is 1.63. The van der Waals surface area contributed by atoms with Gasteiger partial charge in [0.05, 0.1) is 7.11 Å². The third kappa shape index (κ3) is 3.95. The van der Waals surface area contributed by atoms with Crippen molar-refractivity contribution in [3.8, 4) is 17.2 Å². The Morgan fingerprint density at radius 2 is 1.81 bits per heavy atom.